The van der Waals surface area contributed by atoms with Gasteiger partial charge in [-0.15, -0.1) is 0 Å². The lowest BCUT2D eigenvalue weighted by molar-refractivity contribution is -0.145. The van der Waals surface area contributed by atoms with E-state index in [1.54, 1.807) is 0 Å². The lowest BCUT2D eigenvalue weighted by Crippen LogP contribution is -2.25. The van der Waals surface area contributed by atoms with Crippen LogP contribution in [0.3, 0.4) is 0 Å². The van der Waals surface area contributed by atoms with Crippen LogP contribution in [0.2, 0.25) is 0 Å². The van der Waals surface area contributed by atoms with Crippen molar-refractivity contribution in [2.75, 3.05) is 6.61 Å². The van der Waals surface area contributed by atoms with E-state index in [0.717, 1.165) is 25.7 Å². The predicted octanol–water partition coefficient (Wildman–Crippen LogP) is 3.45. The molecule has 0 aliphatic carbocycles. The zero-order chi connectivity index (χ0) is 16.1. The van der Waals surface area contributed by atoms with Crippen LogP contribution in [-0.4, -0.2) is 35.0 Å². The van der Waals surface area contributed by atoms with Crippen molar-refractivity contribution >= 4 is 5.97 Å². The SMILES string of the molecule is CCCCCC(=O)OC[C@H](C)[C@H]1O[C@]1(C)CCC(C)(C)O. The first-order valence-electron chi connectivity index (χ1n) is 8.24. The second-order valence-corrected chi connectivity index (χ2v) is 7.28. The summed E-state index contributed by atoms with van der Waals surface area (Å²) in [5.74, 6) is 0.0982. The van der Waals surface area contributed by atoms with E-state index in [9.17, 15) is 9.90 Å². The maximum atomic E-state index is 11.6. The second-order valence-electron chi connectivity index (χ2n) is 7.28. The van der Waals surface area contributed by atoms with Crippen molar-refractivity contribution in [2.45, 2.75) is 90.4 Å². The Labute approximate surface area is 129 Å². The number of unbranched alkanes of at least 4 members (excludes halogenated alkanes) is 2. The number of aliphatic hydroxyl groups is 1. The van der Waals surface area contributed by atoms with Gasteiger partial charge in [-0.2, -0.15) is 0 Å². The van der Waals surface area contributed by atoms with Gasteiger partial charge in [0.25, 0.3) is 0 Å². The van der Waals surface area contributed by atoms with E-state index in [0.29, 0.717) is 19.4 Å². The summed E-state index contributed by atoms with van der Waals surface area (Å²) in [6.07, 6.45) is 5.28. The molecule has 1 heterocycles. The van der Waals surface area contributed by atoms with Crippen LogP contribution in [0.5, 0.6) is 0 Å². The molecular formula is C17H32O4. The summed E-state index contributed by atoms with van der Waals surface area (Å²) in [5, 5.41) is 9.79. The Morgan fingerprint density at radius 3 is 2.67 bits per heavy atom. The summed E-state index contributed by atoms with van der Waals surface area (Å²) in [4.78, 5) is 11.6. The highest BCUT2D eigenvalue weighted by molar-refractivity contribution is 5.69. The molecule has 1 rings (SSSR count). The molecule has 1 aliphatic heterocycles. The minimum atomic E-state index is -0.658. The third kappa shape index (κ3) is 6.79. The van der Waals surface area contributed by atoms with Gasteiger partial charge >= 0.3 is 5.97 Å². The molecule has 21 heavy (non-hydrogen) atoms. The van der Waals surface area contributed by atoms with E-state index in [-0.39, 0.29) is 23.6 Å². The first kappa shape index (κ1) is 18.4. The van der Waals surface area contributed by atoms with Crippen LogP contribution < -0.4 is 0 Å². The Hall–Kier alpha value is -0.610. The van der Waals surface area contributed by atoms with E-state index in [4.69, 9.17) is 9.47 Å². The van der Waals surface area contributed by atoms with Gasteiger partial charge in [-0.25, -0.2) is 0 Å². The monoisotopic (exact) mass is 300 g/mol. The predicted molar refractivity (Wildman–Crippen MR) is 83.1 cm³/mol. The molecule has 0 spiro atoms. The summed E-state index contributed by atoms with van der Waals surface area (Å²) >= 11 is 0. The zero-order valence-corrected chi connectivity index (χ0v) is 14.3. The molecular weight excluding hydrogens is 268 g/mol. The summed E-state index contributed by atoms with van der Waals surface area (Å²) in [6, 6.07) is 0. The summed E-state index contributed by atoms with van der Waals surface area (Å²) in [6.45, 7) is 10.3. The topological polar surface area (TPSA) is 59.1 Å². The van der Waals surface area contributed by atoms with E-state index >= 15 is 0 Å². The molecule has 0 radical (unpaired) electrons. The van der Waals surface area contributed by atoms with Gasteiger partial charge in [0.1, 0.15) is 0 Å². The Kier molecular flexibility index (Phi) is 6.67. The first-order valence-corrected chi connectivity index (χ1v) is 8.24. The fourth-order valence-corrected chi connectivity index (χ4v) is 2.63. The van der Waals surface area contributed by atoms with Crippen molar-refractivity contribution in [3.05, 3.63) is 0 Å². The van der Waals surface area contributed by atoms with Crippen LogP contribution in [0.25, 0.3) is 0 Å². The second kappa shape index (κ2) is 7.59. The molecule has 0 aromatic heterocycles. The zero-order valence-electron chi connectivity index (χ0n) is 14.3. The molecule has 0 unspecified atom stereocenters. The van der Waals surface area contributed by atoms with Crippen LogP contribution >= 0.6 is 0 Å². The Morgan fingerprint density at radius 2 is 2.10 bits per heavy atom. The molecule has 0 amide bonds. The van der Waals surface area contributed by atoms with Gasteiger partial charge in [0, 0.05) is 12.3 Å². The highest BCUT2D eigenvalue weighted by atomic mass is 16.6. The van der Waals surface area contributed by atoms with Gasteiger partial charge in [0.15, 0.2) is 0 Å². The number of hydrogen-bond acceptors (Lipinski definition) is 4. The largest absolute Gasteiger partial charge is 0.465 e. The van der Waals surface area contributed by atoms with Crippen molar-refractivity contribution < 1.29 is 19.4 Å². The Bertz CT molecular complexity index is 334. The molecule has 0 aromatic rings. The molecule has 1 fully saturated rings. The number of carbonyl (C=O) groups is 1. The molecule has 1 saturated heterocycles. The number of esters is 1. The third-order valence-electron chi connectivity index (χ3n) is 4.18. The van der Waals surface area contributed by atoms with Crippen molar-refractivity contribution in [1.82, 2.24) is 0 Å². The number of epoxide rings is 1. The molecule has 0 bridgehead atoms. The van der Waals surface area contributed by atoms with E-state index in [1.165, 1.54) is 0 Å². The maximum Gasteiger partial charge on any atom is 0.305 e. The normalized spacial score (nSPS) is 26.5. The summed E-state index contributed by atoms with van der Waals surface area (Å²) in [7, 11) is 0. The Morgan fingerprint density at radius 1 is 1.43 bits per heavy atom. The maximum absolute atomic E-state index is 11.6. The number of hydrogen-bond donors (Lipinski definition) is 1. The number of ether oxygens (including phenoxy) is 2. The minimum Gasteiger partial charge on any atom is -0.465 e. The van der Waals surface area contributed by atoms with Crippen molar-refractivity contribution in [2.24, 2.45) is 5.92 Å². The lowest BCUT2D eigenvalue weighted by Gasteiger charge is -2.19. The summed E-state index contributed by atoms with van der Waals surface area (Å²) < 4.78 is 11.1. The Balaban J connectivity index is 2.22. The average molecular weight is 300 g/mol. The van der Waals surface area contributed by atoms with Gasteiger partial charge in [-0.3, -0.25) is 4.79 Å². The highest BCUT2D eigenvalue weighted by Gasteiger charge is 2.54. The lowest BCUT2D eigenvalue weighted by atomic mass is 9.90. The molecule has 124 valence electrons. The van der Waals surface area contributed by atoms with E-state index in [2.05, 4.69) is 20.8 Å². The fraction of sp³-hybridized carbons (Fsp3) is 0.941. The van der Waals surface area contributed by atoms with Gasteiger partial charge in [0.05, 0.1) is 23.9 Å². The molecule has 0 saturated carbocycles. The van der Waals surface area contributed by atoms with Crippen molar-refractivity contribution in [3.8, 4) is 0 Å². The van der Waals surface area contributed by atoms with Crippen LogP contribution in [0.15, 0.2) is 0 Å². The third-order valence-corrected chi connectivity index (χ3v) is 4.18. The molecule has 1 aliphatic rings. The van der Waals surface area contributed by atoms with Gasteiger partial charge < -0.3 is 14.6 Å². The molecule has 4 nitrogen and oxygen atoms in total. The van der Waals surface area contributed by atoms with Gasteiger partial charge in [-0.05, 0) is 40.0 Å². The van der Waals surface area contributed by atoms with Crippen LogP contribution in [0.1, 0.15) is 73.1 Å². The molecule has 4 heteroatoms. The van der Waals surface area contributed by atoms with Crippen LogP contribution in [0, 0.1) is 5.92 Å². The van der Waals surface area contributed by atoms with E-state index < -0.39 is 5.60 Å². The highest BCUT2D eigenvalue weighted by Crippen LogP contribution is 2.45. The van der Waals surface area contributed by atoms with Gasteiger partial charge in [0.2, 0.25) is 0 Å². The first-order chi connectivity index (χ1) is 9.68. The van der Waals surface area contributed by atoms with Crippen LogP contribution in [0.4, 0.5) is 0 Å². The van der Waals surface area contributed by atoms with Gasteiger partial charge in [-0.1, -0.05) is 26.7 Å². The molecule has 0 aromatic carbocycles. The smallest absolute Gasteiger partial charge is 0.305 e. The minimum absolute atomic E-state index is 0.103. The van der Waals surface area contributed by atoms with Crippen LogP contribution in [-0.2, 0) is 14.3 Å². The number of carbonyl (C=O) groups excluding carboxylic acids is 1. The fourth-order valence-electron chi connectivity index (χ4n) is 2.63. The quantitative estimate of drug-likeness (QED) is 0.381. The molecule has 3 atom stereocenters. The van der Waals surface area contributed by atoms with E-state index in [1.807, 2.05) is 13.8 Å². The number of rotatable bonds is 10. The molecule has 1 N–H and O–H groups in total. The average Bonchev–Trinajstić information content (AvgIpc) is 3.06. The van der Waals surface area contributed by atoms with Crippen molar-refractivity contribution in [3.63, 3.8) is 0 Å². The van der Waals surface area contributed by atoms with Crippen molar-refractivity contribution in [1.29, 1.82) is 0 Å². The standard InChI is InChI=1S/C17H32O4/c1-6-7-8-9-14(18)20-12-13(2)15-17(5,21-15)11-10-16(3,4)19/h13,15,19H,6-12H2,1-5H3/t13-,15+,17+/m0/s1. The summed E-state index contributed by atoms with van der Waals surface area (Å²) in [5.41, 5.74) is -0.831.